The van der Waals surface area contributed by atoms with Gasteiger partial charge in [-0.2, -0.15) is 0 Å². The molecule has 0 aromatic heterocycles. The first-order valence-corrected chi connectivity index (χ1v) is 11.4. The maximum absolute atomic E-state index is 12.5. The van der Waals surface area contributed by atoms with Crippen molar-refractivity contribution in [3.05, 3.63) is 0 Å². The summed E-state index contributed by atoms with van der Waals surface area (Å²) in [5, 5.41) is 11.0. The summed E-state index contributed by atoms with van der Waals surface area (Å²) in [4.78, 5) is 12.5. The Labute approximate surface area is 160 Å². The molecule has 1 saturated heterocycles. The minimum absolute atomic E-state index is 0.0661. The average molecular weight is 413 g/mol. The second-order valence-electron chi connectivity index (χ2n) is 9.91. The van der Waals surface area contributed by atoms with E-state index >= 15 is 0 Å². The van der Waals surface area contributed by atoms with E-state index in [1.807, 2.05) is 6.92 Å². The molecule has 0 amide bonds. The summed E-state index contributed by atoms with van der Waals surface area (Å²) in [6.45, 7) is 5.86. The molecule has 3 aliphatic carbocycles. The zero-order valence-electron chi connectivity index (χ0n) is 15.7. The maximum atomic E-state index is 12.5. The molecule has 25 heavy (non-hydrogen) atoms. The Hall–Kier alpha value is 0.0700. The summed E-state index contributed by atoms with van der Waals surface area (Å²) < 4.78 is 5.98. The highest BCUT2D eigenvalue weighted by Crippen LogP contribution is 2.61. The summed E-state index contributed by atoms with van der Waals surface area (Å²) in [5.74, 6) is 3.93. The number of carbonyl (C=O) groups is 1. The molecule has 3 saturated carbocycles. The second kappa shape index (κ2) is 6.60. The molecule has 4 heteroatoms. The third-order valence-electron chi connectivity index (χ3n) is 8.57. The van der Waals surface area contributed by atoms with E-state index in [0.717, 1.165) is 31.3 Å². The number of Topliss-reactive ketones (excluding diaryl/α,β-unsaturated/α-hetero) is 1. The van der Waals surface area contributed by atoms with Crippen LogP contribution in [0.15, 0.2) is 0 Å². The number of alkyl halides is 1. The highest BCUT2D eigenvalue weighted by Gasteiger charge is 2.57. The molecule has 4 aliphatic rings. The van der Waals surface area contributed by atoms with Crippen molar-refractivity contribution < 1.29 is 14.6 Å². The minimum atomic E-state index is -0.446. The Morgan fingerprint density at radius 2 is 1.84 bits per heavy atom. The molecule has 4 rings (SSSR count). The van der Waals surface area contributed by atoms with E-state index in [4.69, 9.17) is 4.74 Å². The zero-order chi connectivity index (χ0) is 17.8. The van der Waals surface area contributed by atoms with Crippen LogP contribution in [0.25, 0.3) is 0 Å². The highest BCUT2D eigenvalue weighted by atomic mass is 79.9. The number of hydrogen-bond donors (Lipinski definition) is 1. The molecule has 1 heterocycles. The highest BCUT2D eigenvalue weighted by molar-refractivity contribution is 9.09. The number of ketones is 1. The first-order chi connectivity index (χ1) is 11.9. The fourth-order valence-electron chi connectivity index (χ4n) is 7.23. The predicted molar refractivity (Wildman–Crippen MR) is 102 cm³/mol. The number of ether oxygens (including phenoxy) is 1. The number of aliphatic hydroxyl groups is 1. The largest absolute Gasteiger partial charge is 0.390 e. The minimum Gasteiger partial charge on any atom is -0.390 e. The van der Waals surface area contributed by atoms with Crippen LogP contribution in [0.4, 0.5) is 0 Å². The van der Waals surface area contributed by atoms with Crippen LogP contribution in [-0.4, -0.2) is 35.0 Å². The smallest absolute Gasteiger partial charge is 0.149 e. The van der Waals surface area contributed by atoms with Crippen LogP contribution in [0.2, 0.25) is 0 Å². The van der Waals surface area contributed by atoms with Crippen molar-refractivity contribution in [2.45, 2.75) is 64.4 Å². The molecule has 0 bridgehead atoms. The van der Waals surface area contributed by atoms with Crippen LogP contribution in [0, 0.1) is 40.9 Å². The lowest BCUT2D eigenvalue weighted by Gasteiger charge is -2.60. The molecule has 0 spiro atoms. The van der Waals surface area contributed by atoms with Crippen LogP contribution in [0.5, 0.6) is 0 Å². The Bertz CT molecular complexity index is 533. The normalized spacial score (nSPS) is 52.6. The van der Waals surface area contributed by atoms with E-state index in [1.165, 1.54) is 32.1 Å². The van der Waals surface area contributed by atoms with Crippen molar-refractivity contribution in [3.63, 3.8) is 0 Å². The quantitative estimate of drug-likeness (QED) is 0.690. The Balaban J connectivity index is 1.56. The number of carbonyl (C=O) groups excluding carboxylic acids is 1. The summed E-state index contributed by atoms with van der Waals surface area (Å²) in [6, 6.07) is 0. The monoisotopic (exact) mass is 412 g/mol. The SMILES string of the molecule is C[C@@]1(O)CC[C@H]2[C@H](CC[C@@H]3[C@@H]2CC[C@]2(C)[C@@H](C(=O)CBr)COC[C@@H]32)C1. The Morgan fingerprint density at radius 1 is 1.08 bits per heavy atom. The van der Waals surface area contributed by atoms with Gasteiger partial charge in [0.25, 0.3) is 0 Å². The Kier molecular flexibility index (Phi) is 4.86. The summed E-state index contributed by atoms with van der Waals surface area (Å²) in [7, 11) is 0. The van der Waals surface area contributed by atoms with E-state index < -0.39 is 5.60 Å². The predicted octanol–water partition coefficient (Wildman–Crippen LogP) is 4.21. The molecule has 3 nitrogen and oxygen atoms in total. The van der Waals surface area contributed by atoms with E-state index in [9.17, 15) is 9.90 Å². The molecule has 142 valence electrons. The molecule has 0 aromatic carbocycles. The van der Waals surface area contributed by atoms with E-state index in [2.05, 4.69) is 22.9 Å². The van der Waals surface area contributed by atoms with Crippen molar-refractivity contribution in [2.75, 3.05) is 18.5 Å². The van der Waals surface area contributed by atoms with Gasteiger partial charge < -0.3 is 9.84 Å². The van der Waals surface area contributed by atoms with Gasteiger partial charge in [-0.25, -0.2) is 0 Å². The van der Waals surface area contributed by atoms with Crippen LogP contribution in [0.1, 0.15) is 58.8 Å². The lowest BCUT2D eigenvalue weighted by Crippen LogP contribution is -2.57. The molecular formula is C21H33BrO3. The number of rotatable bonds is 2. The van der Waals surface area contributed by atoms with Gasteiger partial charge in [-0.1, -0.05) is 22.9 Å². The van der Waals surface area contributed by atoms with E-state index in [1.54, 1.807) is 0 Å². The van der Waals surface area contributed by atoms with Crippen molar-refractivity contribution in [1.29, 1.82) is 0 Å². The van der Waals surface area contributed by atoms with Crippen LogP contribution in [-0.2, 0) is 9.53 Å². The Morgan fingerprint density at radius 3 is 2.60 bits per heavy atom. The van der Waals surface area contributed by atoms with Crippen molar-refractivity contribution in [1.82, 2.24) is 0 Å². The second-order valence-corrected chi connectivity index (χ2v) is 10.5. The summed E-state index contributed by atoms with van der Waals surface area (Å²) in [6.07, 6.45) is 8.10. The van der Waals surface area contributed by atoms with Gasteiger partial charge in [-0.15, -0.1) is 0 Å². The van der Waals surface area contributed by atoms with Gasteiger partial charge >= 0.3 is 0 Å². The summed E-state index contributed by atoms with van der Waals surface area (Å²) >= 11 is 3.39. The number of halogens is 1. The molecule has 1 aliphatic heterocycles. The molecule has 4 fully saturated rings. The lowest BCUT2D eigenvalue weighted by molar-refractivity contribution is -0.175. The third-order valence-corrected chi connectivity index (χ3v) is 9.13. The van der Waals surface area contributed by atoms with Gasteiger partial charge in [0.1, 0.15) is 5.78 Å². The van der Waals surface area contributed by atoms with Crippen molar-refractivity contribution >= 4 is 21.7 Å². The summed E-state index contributed by atoms with van der Waals surface area (Å²) in [5.41, 5.74) is -0.324. The van der Waals surface area contributed by atoms with Gasteiger partial charge in [0.2, 0.25) is 0 Å². The van der Waals surface area contributed by atoms with Gasteiger partial charge in [0, 0.05) is 5.92 Å². The van der Waals surface area contributed by atoms with Crippen molar-refractivity contribution in [2.24, 2.45) is 40.9 Å². The topological polar surface area (TPSA) is 46.5 Å². The molecule has 8 atom stereocenters. The maximum Gasteiger partial charge on any atom is 0.149 e. The van der Waals surface area contributed by atoms with E-state index in [-0.39, 0.29) is 11.3 Å². The van der Waals surface area contributed by atoms with Crippen LogP contribution >= 0.6 is 15.9 Å². The molecule has 0 radical (unpaired) electrons. The first-order valence-electron chi connectivity index (χ1n) is 10.2. The third kappa shape index (κ3) is 3.04. The number of hydrogen-bond acceptors (Lipinski definition) is 3. The first kappa shape index (κ1) is 18.4. The lowest BCUT2D eigenvalue weighted by atomic mass is 9.46. The van der Waals surface area contributed by atoms with Gasteiger partial charge in [-0.05, 0) is 86.9 Å². The van der Waals surface area contributed by atoms with Gasteiger partial charge in [0.05, 0.1) is 24.1 Å². The van der Waals surface area contributed by atoms with E-state index in [0.29, 0.717) is 35.5 Å². The van der Waals surface area contributed by atoms with Crippen LogP contribution in [0.3, 0.4) is 0 Å². The molecule has 0 unspecified atom stereocenters. The van der Waals surface area contributed by atoms with Crippen molar-refractivity contribution in [3.8, 4) is 0 Å². The standard InChI is InChI=1S/C21H33BrO3/c1-20(24)7-5-14-13(9-20)3-4-16-15(14)6-8-21(2)17(16)11-25-12-18(21)19(23)10-22/h13-18,24H,3-12H2,1-2H3/t13-,14+,15-,16-,17+,18-,20-,21+/m1/s1. The average Bonchev–Trinajstić information content (AvgIpc) is 2.58. The number of fused-ring (bicyclic) bond motifs is 5. The van der Waals surface area contributed by atoms with Gasteiger partial charge in [-0.3, -0.25) is 4.79 Å². The fraction of sp³-hybridized carbons (Fsp3) is 0.952. The van der Waals surface area contributed by atoms with Crippen LogP contribution < -0.4 is 0 Å². The molecule has 0 aromatic rings. The fourth-order valence-corrected chi connectivity index (χ4v) is 7.62. The molecule has 1 N–H and O–H groups in total. The zero-order valence-corrected chi connectivity index (χ0v) is 17.3. The molecular weight excluding hydrogens is 380 g/mol. The van der Waals surface area contributed by atoms with Gasteiger partial charge in [0.15, 0.2) is 0 Å².